The van der Waals surface area contributed by atoms with E-state index in [-0.39, 0.29) is 11.6 Å². The van der Waals surface area contributed by atoms with Crippen molar-refractivity contribution in [1.29, 1.82) is 5.26 Å². The fourth-order valence-electron chi connectivity index (χ4n) is 1.06. The normalized spacial score (nSPS) is 23.2. The molecule has 1 aliphatic rings. The minimum Gasteiger partial charge on any atom is -0.480 e. The fraction of sp³-hybridized carbons (Fsp3) is 0.667. The zero-order valence-electron chi connectivity index (χ0n) is 7.08. The van der Waals surface area contributed by atoms with Gasteiger partial charge in [-0.1, -0.05) is 0 Å². The second-order valence-corrected chi connectivity index (χ2v) is 5.58. The molecule has 0 amide bonds. The Morgan fingerprint density at radius 1 is 1.71 bits per heavy atom. The maximum absolute atomic E-state index is 11.4. The monoisotopic (exact) mass is 236 g/mol. The highest BCUT2D eigenvalue weighted by atomic mass is 32.2. The van der Waals surface area contributed by atoms with Gasteiger partial charge in [0.25, 0.3) is 0 Å². The predicted molar refractivity (Wildman–Crippen MR) is 50.0 cm³/mol. The number of rotatable bonds is 3. The van der Waals surface area contributed by atoms with Crippen molar-refractivity contribution in [1.82, 2.24) is 4.31 Å². The molecule has 0 aromatic carbocycles. The van der Waals surface area contributed by atoms with Gasteiger partial charge in [0, 0.05) is 5.75 Å². The number of sulfonamides is 1. The average Bonchev–Trinajstić information content (AvgIpc) is 2.51. The Hall–Kier alpha value is -0.780. The Labute approximate surface area is 85.6 Å². The summed E-state index contributed by atoms with van der Waals surface area (Å²) in [6, 6.07) is 0.483. The number of nitrogens with zero attached hydrogens (tertiary/aromatic N) is 2. The van der Waals surface area contributed by atoms with Gasteiger partial charge in [-0.2, -0.15) is 9.57 Å². The Morgan fingerprint density at radius 3 is 2.86 bits per heavy atom. The Kier molecular flexibility index (Phi) is 3.36. The maximum atomic E-state index is 11.4. The van der Waals surface area contributed by atoms with E-state index in [1.54, 1.807) is 0 Å². The van der Waals surface area contributed by atoms with E-state index in [1.807, 2.05) is 0 Å². The third-order valence-corrected chi connectivity index (χ3v) is 4.50. The fourth-order valence-corrected chi connectivity index (χ4v) is 3.91. The van der Waals surface area contributed by atoms with Crippen molar-refractivity contribution in [2.75, 3.05) is 17.4 Å². The molecule has 1 N–H and O–H groups in total. The SMILES string of the molecule is N#CCS(=O)(=O)N1CSCC1C(=O)O. The molecule has 1 heterocycles. The Bertz CT molecular complexity index is 372. The van der Waals surface area contributed by atoms with E-state index in [9.17, 15) is 13.2 Å². The van der Waals surface area contributed by atoms with Gasteiger partial charge in [-0.25, -0.2) is 8.42 Å². The van der Waals surface area contributed by atoms with Crippen molar-refractivity contribution in [2.45, 2.75) is 6.04 Å². The Balaban J connectivity index is 2.88. The number of hydrogen-bond donors (Lipinski definition) is 1. The smallest absolute Gasteiger partial charge is 0.322 e. The molecule has 1 unspecified atom stereocenters. The lowest BCUT2D eigenvalue weighted by molar-refractivity contribution is -0.140. The molecule has 1 rings (SSSR count). The third kappa shape index (κ3) is 2.17. The molecule has 0 aromatic rings. The number of nitriles is 1. The molecule has 6 nitrogen and oxygen atoms in total. The molecule has 1 fully saturated rings. The molecular formula is C6H8N2O4S2. The van der Waals surface area contributed by atoms with Crippen molar-refractivity contribution in [3.05, 3.63) is 0 Å². The van der Waals surface area contributed by atoms with Crippen LogP contribution in [0.2, 0.25) is 0 Å². The van der Waals surface area contributed by atoms with Crippen LogP contribution in [0, 0.1) is 11.3 Å². The zero-order valence-corrected chi connectivity index (χ0v) is 8.71. The van der Waals surface area contributed by atoms with Crippen LogP contribution in [0.5, 0.6) is 0 Å². The minimum atomic E-state index is -3.73. The first-order valence-corrected chi connectivity index (χ1v) is 6.42. The number of hydrogen-bond acceptors (Lipinski definition) is 5. The third-order valence-electron chi connectivity index (χ3n) is 1.73. The lowest BCUT2D eigenvalue weighted by Gasteiger charge is -2.17. The molecule has 0 spiro atoms. The first-order chi connectivity index (χ1) is 6.49. The largest absolute Gasteiger partial charge is 0.480 e. The summed E-state index contributed by atoms with van der Waals surface area (Å²) in [7, 11) is -3.73. The maximum Gasteiger partial charge on any atom is 0.322 e. The second kappa shape index (κ2) is 4.16. The highest BCUT2D eigenvalue weighted by Crippen LogP contribution is 2.24. The highest BCUT2D eigenvalue weighted by Gasteiger charge is 2.38. The average molecular weight is 236 g/mol. The quantitative estimate of drug-likeness (QED) is 0.695. The van der Waals surface area contributed by atoms with Gasteiger partial charge in [0.15, 0.2) is 5.75 Å². The Morgan fingerprint density at radius 2 is 2.36 bits per heavy atom. The molecule has 0 aromatic heterocycles. The molecule has 0 radical (unpaired) electrons. The van der Waals surface area contributed by atoms with E-state index in [4.69, 9.17) is 10.4 Å². The van der Waals surface area contributed by atoms with Gasteiger partial charge < -0.3 is 5.11 Å². The molecular weight excluding hydrogens is 228 g/mol. The first-order valence-electron chi connectivity index (χ1n) is 3.66. The van der Waals surface area contributed by atoms with Crippen LogP contribution in [0.4, 0.5) is 0 Å². The number of carboxylic acids is 1. The van der Waals surface area contributed by atoms with Crippen LogP contribution in [-0.4, -0.2) is 47.2 Å². The van der Waals surface area contributed by atoms with Crippen molar-refractivity contribution in [3.63, 3.8) is 0 Å². The molecule has 8 heteroatoms. The topological polar surface area (TPSA) is 98.5 Å². The van der Waals surface area contributed by atoms with Gasteiger partial charge >= 0.3 is 5.97 Å². The van der Waals surface area contributed by atoms with E-state index in [1.165, 1.54) is 17.8 Å². The first kappa shape index (κ1) is 11.3. The van der Waals surface area contributed by atoms with Gasteiger partial charge in [-0.15, -0.1) is 11.8 Å². The van der Waals surface area contributed by atoms with Crippen molar-refractivity contribution >= 4 is 27.8 Å². The van der Waals surface area contributed by atoms with E-state index in [0.717, 1.165) is 4.31 Å². The molecule has 0 aliphatic carbocycles. The van der Waals surface area contributed by atoms with E-state index in [0.29, 0.717) is 0 Å². The van der Waals surface area contributed by atoms with Gasteiger partial charge in [-0.05, 0) is 0 Å². The highest BCUT2D eigenvalue weighted by molar-refractivity contribution is 8.00. The van der Waals surface area contributed by atoms with Gasteiger partial charge in [0.2, 0.25) is 10.0 Å². The van der Waals surface area contributed by atoms with Crippen LogP contribution < -0.4 is 0 Å². The molecule has 0 saturated carbocycles. The summed E-state index contributed by atoms with van der Waals surface area (Å²) in [4.78, 5) is 10.7. The standard InChI is InChI=1S/C6H8N2O4S2/c7-1-2-14(11,12)8-4-13-3-5(8)6(9)10/h5H,2-4H2,(H,9,10). The summed E-state index contributed by atoms with van der Waals surface area (Å²) in [6.07, 6.45) is 0. The number of carboxylic acid groups (broad SMARTS) is 1. The lowest BCUT2D eigenvalue weighted by atomic mass is 10.4. The van der Waals surface area contributed by atoms with Crippen molar-refractivity contribution in [2.24, 2.45) is 0 Å². The lowest BCUT2D eigenvalue weighted by Crippen LogP contribution is -2.42. The van der Waals surface area contributed by atoms with Gasteiger partial charge in [0.05, 0.1) is 11.9 Å². The predicted octanol–water partition coefficient (Wildman–Crippen LogP) is -0.701. The van der Waals surface area contributed by atoms with Crippen LogP contribution in [0.15, 0.2) is 0 Å². The molecule has 14 heavy (non-hydrogen) atoms. The van der Waals surface area contributed by atoms with E-state index >= 15 is 0 Å². The molecule has 1 atom stereocenters. The summed E-state index contributed by atoms with van der Waals surface area (Å²) < 4.78 is 23.6. The van der Waals surface area contributed by atoms with Crippen LogP contribution in [0.1, 0.15) is 0 Å². The van der Waals surface area contributed by atoms with Gasteiger partial charge in [-0.3, -0.25) is 4.79 Å². The van der Waals surface area contributed by atoms with Crippen LogP contribution in [0.3, 0.4) is 0 Å². The summed E-state index contributed by atoms with van der Waals surface area (Å²) >= 11 is 1.23. The van der Waals surface area contributed by atoms with Crippen molar-refractivity contribution < 1.29 is 18.3 Å². The number of carbonyl (C=O) groups is 1. The second-order valence-electron chi connectivity index (χ2n) is 2.66. The van der Waals surface area contributed by atoms with Crippen LogP contribution >= 0.6 is 11.8 Å². The molecule has 78 valence electrons. The summed E-state index contributed by atoms with van der Waals surface area (Å²) in [5, 5.41) is 17.0. The molecule has 1 saturated heterocycles. The van der Waals surface area contributed by atoms with Crippen LogP contribution in [-0.2, 0) is 14.8 Å². The van der Waals surface area contributed by atoms with E-state index < -0.39 is 27.8 Å². The summed E-state index contributed by atoms with van der Waals surface area (Å²) in [5.74, 6) is -1.49. The molecule has 0 bridgehead atoms. The zero-order chi connectivity index (χ0) is 10.8. The van der Waals surface area contributed by atoms with Crippen molar-refractivity contribution in [3.8, 4) is 6.07 Å². The number of thioether (sulfide) groups is 1. The van der Waals surface area contributed by atoms with Gasteiger partial charge in [0.1, 0.15) is 6.04 Å². The summed E-state index contributed by atoms with van der Waals surface area (Å²) in [5.41, 5.74) is 0. The minimum absolute atomic E-state index is 0.112. The molecule has 1 aliphatic heterocycles. The van der Waals surface area contributed by atoms with E-state index in [2.05, 4.69) is 0 Å². The van der Waals surface area contributed by atoms with Crippen LogP contribution in [0.25, 0.3) is 0 Å². The summed E-state index contributed by atoms with van der Waals surface area (Å²) in [6.45, 7) is 0. The number of aliphatic carboxylic acids is 1.